The molecule has 2 N–H and O–H groups in total. The molecule has 1 aliphatic carbocycles. The van der Waals surface area contributed by atoms with Gasteiger partial charge in [-0.1, -0.05) is 15.9 Å². The largest absolute Gasteiger partial charge is 0.481 e. The third-order valence-corrected chi connectivity index (χ3v) is 5.11. The quantitative estimate of drug-likeness (QED) is 0.885. The van der Waals surface area contributed by atoms with E-state index in [2.05, 4.69) is 21.2 Å². The van der Waals surface area contributed by atoms with Gasteiger partial charge in [0.05, 0.1) is 5.92 Å². The summed E-state index contributed by atoms with van der Waals surface area (Å²) in [6.07, 6.45) is 1.68. The van der Waals surface area contributed by atoms with Crippen LogP contribution in [-0.4, -0.2) is 17.0 Å². The molecule has 0 radical (unpaired) electrons. The molecule has 4 nitrogen and oxygen atoms in total. The summed E-state index contributed by atoms with van der Waals surface area (Å²) in [5, 5.41) is 11.9. The lowest BCUT2D eigenvalue weighted by Gasteiger charge is -2.13. The van der Waals surface area contributed by atoms with E-state index in [9.17, 15) is 9.59 Å². The molecule has 108 valence electrons. The molecule has 0 aliphatic heterocycles. The number of hydrogen-bond donors (Lipinski definition) is 2. The van der Waals surface area contributed by atoms with Crippen LogP contribution >= 0.6 is 15.9 Å². The van der Waals surface area contributed by atoms with Gasteiger partial charge in [-0.3, -0.25) is 9.59 Å². The Hall–Kier alpha value is -1.36. The molecule has 1 saturated carbocycles. The second kappa shape index (κ2) is 5.95. The van der Waals surface area contributed by atoms with E-state index in [1.165, 1.54) is 0 Å². The van der Waals surface area contributed by atoms with Crippen molar-refractivity contribution >= 4 is 33.5 Å². The van der Waals surface area contributed by atoms with Crippen LogP contribution in [0.5, 0.6) is 0 Å². The van der Waals surface area contributed by atoms with Crippen molar-refractivity contribution in [2.24, 2.45) is 11.8 Å². The third-order valence-electron chi connectivity index (χ3n) is 3.86. The van der Waals surface area contributed by atoms with Crippen LogP contribution < -0.4 is 5.32 Å². The molecular weight excluding hydrogens is 322 g/mol. The number of anilines is 1. The average Bonchev–Trinajstić information content (AvgIpc) is 2.85. The van der Waals surface area contributed by atoms with Gasteiger partial charge < -0.3 is 10.4 Å². The Bertz CT molecular complexity index is 533. The van der Waals surface area contributed by atoms with Gasteiger partial charge in [-0.15, -0.1) is 0 Å². The summed E-state index contributed by atoms with van der Waals surface area (Å²) < 4.78 is 1.04. The van der Waals surface area contributed by atoms with Crippen LogP contribution in [-0.2, 0) is 9.59 Å². The molecule has 2 unspecified atom stereocenters. The number of carboxylic acid groups (broad SMARTS) is 1. The summed E-state index contributed by atoms with van der Waals surface area (Å²) in [7, 11) is 0. The highest BCUT2D eigenvalue weighted by molar-refractivity contribution is 9.10. The molecule has 2 atom stereocenters. The number of rotatable bonds is 3. The van der Waals surface area contributed by atoms with E-state index in [4.69, 9.17) is 5.11 Å². The lowest BCUT2D eigenvalue weighted by Crippen LogP contribution is -2.21. The van der Waals surface area contributed by atoms with E-state index in [1.54, 1.807) is 0 Å². The van der Waals surface area contributed by atoms with Crippen LogP contribution in [0.25, 0.3) is 0 Å². The van der Waals surface area contributed by atoms with E-state index >= 15 is 0 Å². The van der Waals surface area contributed by atoms with Crippen LogP contribution in [0.4, 0.5) is 5.69 Å². The summed E-state index contributed by atoms with van der Waals surface area (Å²) in [5.41, 5.74) is 2.90. The molecule has 1 aromatic carbocycles. The van der Waals surface area contributed by atoms with Gasteiger partial charge in [-0.05, 0) is 56.4 Å². The van der Waals surface area contributed by atoms with Crippen LogP contribution in [0, 0.1) is 25.7 Å². The van der Waals surface area contributed by atoms with Gasteiger partial charge in [0.25, 0.3) is 0 Å². The monoisotopic (exact) mass is 339 g/mol. The molecular formula is C15H18BrNO3. The number of halogens is 1. The van der Waals surface area contributed by atoms with E-state index in [1.807, 2.05) is 26.0 Å². The molecule has 5 heteroatoms. The molecule has 1 amide bonds. The van der Waals surface area contributed by atoms with Crippen molar-refractivity contribution in [2.75, 3.05) is 5.32 Å². The number of carbonyl (C=O) groups is 2. The number of amides is 1. The van der Waals surface area contributed by atoms with Crippen LogP contribution in [0.15, 0.2) is 16.6 Å². The van der Waals surface area contributed by atoms with Gasteiger partial charge in [0, 0.05) is 16.1 Å². The Balaban J connectivity index is 2.04. The van der Waals surface area contributed by atoms with E-state index in [0.717, 1.165) is 21.3 Å². The van der Waals surface area contributed by atoms with Crippen molar-refractivity contribution in [2.45, 2.75) is 33.1 Å². The predicted molar refractivity (Wildman–Crippen MR) is 80.7 cm³/mol. The Morgan fingerprint density at radius 2 is 1.75 bits per heavy atom. The van der Waals surface area contributed by atoms with E-state index in [0.29, 0.717) is 19.3 Å². The Morgan fingerprint density at radius 3 is 2.25 bits per heavy atom. The second-order valence-electron chi connectivity index (χ2n) is 5.46. The maximum atomic E-state index is 12.2. The smallest absolute Gasteiger partial charge is 0.306 e. The zero-order valence-corrected chi connectivity index (χ0v) is 13.2. The van der Waals surface area contributed by atoms with Gasteiger partial charge in [-0.2, -0.15) is 0 Å². The highest BCUT2D eigenvalue weighted by Crippen LogP contribution is 2.32. The normalized spacial score (nSPS) is 21.8. The van der Waals surface area contributed by atoms with E-state index < -0.39 is 5.97 Å². The maximum Gasteiger partial charge on any atom is 0.306 e. The minimum atomic E-state index is -0.796. The standard InChI is InChI=1S/C15H18BrNO3/c1-8-5-12(6-9(2)13(8)16)17-14(18)10-3-4-11(7-10)15(19)20/h5-6,10-11H,3-4,7H2,1-2H3,(H,17,18)(H,19,20). The van der Waals surface area contributed by atoms with Gasteiger partial charge in [0.15, 0.2) is 0 Å². The van der Waals surface area contributed by atoms with Gasteiger partial charge in [-0.25, -0.2) is 0 Å². The molecule has 0 bridgehead atoms. The number of benzene rings is 1. The molecule has 2 rings (SSSR count). The van der Waals surface area contributed by atoms with Crippen LogP contribution in [0.3, 0.4) is 0 Å². The first kappa shape index (κ1) is 15.0. The lowest BCUT2D eigenvalue weighted by atomic mass is 10.0. The van der Waals surface area contributed by atoms with Crippen molar-refractivity contribution in [3.05, 3.63) is 27.7 Å². The minimum Gasteiger partial charge on any atom is -0.481 e. The molecule has 1 aliphatic rings. The van der Waals surface area contributed by atoms with E-state index in [-0.39, 0.29) is 17.7 Å². The Kier molecular flexibility index (Phi) is 4.48. The summed E-state index contributed by atoms with van der Waals surface area (Å²) in [4.78, 5) is 23.1. The highest BCUT2D eigenvalue weighted by atomic mass is 79.9. The zero-order valence-electron chi connectivity index (χ0n) is 11.6. The van der Waals surface area contributed by atoms with Crippen LogP contribution in [0.1, 0.15) is 30.4 Å². The van der Waals surface area contributed by atoms with Crippen molar-refractivity contribution in [3.8, 4) is 0 Å². The first-order valence-corrected chi connectivity index (χ1v) is 7.48. The summed E-state index contributed by atoms with van der Waals surface area (Å²) in [6.45, 7) is 3.95. The number of carbonyl (C=O) groups excluding carboxylic acids is 1. The molecule has 1 aromatic rings. The molecule has 1 fully saturated rings. The third kappa shape index (κ3) is 3.20. The Labute approximate surface area is 126 Å². The number of aliphatic carboxylic acids is 1. The zero-order chi connectivity index (χ0) is 14.9. The number of nitrogens with one attached hydrogen (secondary N) is 1. The molecule has 0 heterocycles. The fourth-order valence-electron chi connectivity index (χ4n) is 2.71. The summed E-state index contributed by atoms with van der Waals surface area (Å²) in [6, 6.07) is 3.83. The van der Waals surface area contributed by atoms with Gasteiger partial charge in [0.1, 0.15) is 0 Å². The molecule has 0 saturated heterocycles. The molecule has 20 heavy (non-hydrogen) atoms. The number of carboxylic acids is 1. The fourth-order valence-corrected chi connectivity index (χ4v) is 2.94. The van der Waals surface area contributed by atoms with Crippen molar-refractivity contribution < 1.29 is 14.7 Å². The predicted octanol–water partition coefficient (Wildman–Crippen LogP) is 3.51. The van der Waals surface area contributed by atoms with Crippen molar-refractivity contribution in [1.82, 2.24) is 0 Å². The van der Waals surface area contributed by atoms with Gasteiger partial charge in [0.2, 0.25) is 5.91 Å². The molecule has 0 spiro atoms. The summed E-state index contributed by atoms with van der Waals surface area (Å²) >= 11 is 3.49. The fraction of sp³-hybridized carbons (Fsp3) is 0.467. The number of aryl methyl sites for hydroxylation is 2. The number of hydrogen-bond acceptors (Lipinski definition) is 2. The SMILES string of the molecule is Cc1cc(NC(=O)C2CCC(C(=O)O)C2)cc(C)c1Br. The summed E-state index contributed by atoms with van der Waals surface area (Å²) in [5.74, 6) is -1.44. The first-order chi connectivity index (χ1) is 9.38. The van der Waals surface area contributed by atoms with Crippen molar-refractivity contribution in [3.63, 3.8) is 0 Å². The first-order valence-electron chi connectivity index (χ1n) is 6.69. The van der Waals surface area contributed by atoms with Crippen molar-refractivity contribution in [1.29, 1.82) is 0 Å². The minimum absolute atomic E-state index is 0.0742. The highest BCUT2D eigenvalue weighted by Gasteiger charge is 2.33. The lowest BCUT2D eigenvalue weighted by molar-refractivity contribution is -0.141. The Morgan fingerprint density at radius 1 is 1.20 bits per heavy atom. The van der Waals surface area contributed by atoms with Crippen LogP contribution in [0.2, 0.25) is 0 Å². The van der Waals surface area contributed by atoms with Gasteiger partial charge >= 0.3 is 5.97 Å². The topological polar surface area (TPSA) is 66.4 Å². The maximum absolute atomic E-state index is 12.2. The molecule has 0 aromatic heterocycles. The second-order valence-corrected chi connectivity index (χ2v) is 6.25. The average molecular weight is 340 g/mol.